The molecule has 0 rings (SSSR count). The Morgan fingerprint density at radius 1 is 1.42 bits per heavy atom. The normalized spacial score (nSPS) is 10.7. The highest BCUT2D eigenvalue weighted by atomic mass is 28.4. The second-order valence-electron chi connectivity index (χ2n) is 2.49. The van der Waals surface area contributed by atoms with Gasteiger partial charge in [0.05, 0.1) is 0 Å². The van der Waals surface area contributed by atoms with Gasteiger partial charge in [-0.3, -0.25) is 0 Å². The summed E-state index contributed by atoms with van der Waals surface area (Å²) in [5, 5.41) is 0. The molecule has 5 heteroatoms. The van der Waals surface area contributed by atoms with Gasteiger partial charge in [0.15, 0.2) is 11.7 Å². The molecule has 0 heterocycles. The van der Waals surface area contributed by atoms with Crippen molar-refractivity contribution < 1.29 is 18.4 Å². The molecule has 0 aliphatic rings. The molecule has 0 saturated carbocycles. The van der Waals surface area contributed by atoms with E-state index in [0.29, 0.717) is 6.23 Å². The first-order valence-electron chi connectivity index (χ1n) is 3.53. The zero-order chi connectivity index (χ0) is 9.61. The van der Waals surface area contributed by atoms with Crippen molar-refractivity contribution in [2.75, 3.05) is 20.4 Å². The maximum absolute atomic E-state index is 10.0. The molecule has 0 spiro atoms. The van der Waals surface area contributed by atoms with E-state index in [0.717, 1.165) is 0 Å². The minimum Gasteiger partial charge on any atom is -0.485 e. The van der Waals surface area contributed by atoms with Crippen molar-refractivity contribution in [3.8, 4) is 0 Å². The molecular weight excluding hydrogens is 176 g/mol. The molecule has 0 aliphatic heterocycles. The fourth-order valence-corrected chi connectivity index (χ4v) is 1.35. The van der Waals surface area contributed by atoms with Crippen LogP contribution in [0, 0.1) is 0 Å². The molecule has 70 valence electrons. The summed E-state index contributed by atoms with van der Waals surface area (Å²) < 4.78 is 15.3. The number of carbonyl (C=O) groups excluding carboxylic acids is 1. The smallest absolute Gasteiger partial charge is 0.373 e. The third-order valence-electron chi connectivity index (χ3n) is 1.56. The van der Waals surface area contributed by atoms with Crippen molar-refractivity contribution >= 4 is 14.5 Å². The Balaban J connectivity index is 3.97. The van der Waals surface area contributed by atoms with Gasteiger partial charge in [0.25, 0.3) is 0 Å². The van der Waals surface area contributed by atoms with Gasteiger partial charge in [0, 0.05) is 21.1 Å². The quantitative estimate of drug-likeness (QED) is 0.362. The van der Waals surface area contributed by atoms with Gasteiger partial charge in [0.2, 0.25) is 0 Å². The first-order valence-corrected chi connectivity index (χ1v) is 6.05. The molecule has 0 radical (unpaired) electrons. The maximum Gasteiger partial charge on any atom is 0.373 e. The first-order chi connectivity index (χ1) is 5.58. The van der Waals surface area contributed by atoms with E-state index in [4.69, 9.17) is 13.6 Å². The van der Waals surface area contributed by atoms with E-state index in [1.54, 1.807) is 27.1 Å². The van der Waals surface area contributed by atoms with Crippen LogP contribution < -0.4 is 0 Å². The van der Waals surface area contributed by atoms with Crippen LogP contribution in [0.2, 0.25) is 6.55 Å². The maximum atomic E-state index is 10.0. The number of allylic oxidation sites excluding steroid dienone is 1. The van der Waals surface area contributed by atoms with E-state index in [-0.39, 0.29) is 5.76 Å². The summed E-state index contributed by atoms with van der Waals surface area (Å²) in [5.74, 6) is 1.87. The van der Waals surface area contributed by atoms with Gasteiger partial charge in [-0.2, -0.15) is 0 Å². The molecule has 0 bridgehead atoms. The molecule has 0 atom stereocenters. The lowest BCUT2D eigenvalue weighted by molar-refractivity contribution is 0.178. The summed E-state index contributed by atoms with van der Waals surface area (Å²) in [4.78, 5) is 10.0. The largest absolute Gasteiger partial charge is 0.485 e. The first kappa shape index (κ1) is 11.4. The number of hydrogen-bond acceptors (Lipinski definition) is 4. The number of hydrogen-bond donors (Lipinski definition) is 0. The van der Waals surface area contributed by atoms with E-state index in [1.165, 1.54) is 0 Å². The third kappa shape index (κ3) is 3.68. The highest BCUT2D eigenvalue weighted by Gasteiger charge is 2.30. The van der Waals surface area contributed by atoms with Crippen molar-refractivity contribution in [3.63, 3.8) is 0 Å². The summed E-state index contributed by atoms with van der Waals surface area (Å²) in [5.41, 5.74) is 0. The average Bonchev–Trinajstić information content (AvgIpc) is 2.13. The molecule has 0 N–H and O–H groups in total. The average molecular weight is 190 g/mol. The van der Waals surface area contributed by atoms with Gasteiger partial charge in [-0.25, -0.2) is 4.79 Å². The van der Waals surface area contributed by atoms with Gasteiger partial charge < -0.3 is 13.6 Å². The third-order valence-corrected chi connectivity index (χ3v) is 3.95. The Hall–Kier alpha value is -0.613. The molecule has 0 amide bonds. The standard InChI is InChI=1S/C7H14O4Si/c1-7(5-8)11-6-12(4,9-2)10-3/h6H2,1-4H3. The lowest BCUT2D eigenvalue weighted by atomic mass is 10.7. The van der Waals surface area contributed by atoms with Crippen LogP contribution in [0.15, 0.2) is 5.76 Å². The summed E-state index contributed by atoms with van der Waals surface area (Å²) in [6, 6.07) is 0. The van der Waals surface area contributed by atoms with Crippen molar-refractivity contribution in [2.24, 2.45) is 0 Å². The second kappa shape index (κ2) is 5.11. The molecule has 0 aromatic carbocycles. The van der Waals surface area contributed by atoms with E-state index in [1.807, 2.05) is 6.55 Å². The Morgan fingerprint density at radius 2 is 1.92 bits per heavy atom. The van der Waals surface area contributed by atoms with E-state index in [9.17, 15) is 4.79 Å². The minimum atomic E-state index is -2.20. The van der Waals surface area contributed by atoms with E-state index < -0.39 is 8.56 Å². The van der Waals surface area contributed by atoms with Crippen molar-refractivity contribution in [2.45, 2.75) is 13.5 Å². The van der Waals surface area contributed by atoms with Crippen LogP contribution in [0.4, 0.5) is 0 Å². The van der Waals surface area contributed by atoms with Gasteiger partial charge in [-0.15, -0.1) is 0 Å². The van der Waals surface area contributed by atoms with Crippen LogP contribution in [0.5, 0.6) is 0 Å². The predicted molar refractivity (Wildman–Crippen MR) is 46.5 cm³/mol. The Bertz CT molecular complexity index is 182. The molecule has 0 aromatic rings. The SMILES string of the molecule is CO[Si](C)(COC(C)=C=O)OC. The summed E-state index contributed by atoms with van der Waals surface area (Å²) >= 11 is 0. The van der Waals surface area contributed by atoms with Gasteiger partial charge in [-0.1, -0.05) is 0 Å². The Kier molecular flexibility index (Phi) is 4.85. The highest BCUT2D eigenvalue weighted by Crippen LogP contribution is 2.06. The zero-order valence-electron chi connectivity index (χ0n) is 7.84. The lowest BCUT2D eigenvalue weighted by Gasteiger charge is -2.21. The van der Waals surface area contributed by atoms with Gasteiger partial charge in [0.1, 0.15) is 6.23 Å². The van der Waals surface area contributed by atoms with Crippen LogP contribution in [0.25, 0.3) is 0 Å². The van der Waals surface area contributed by atoms with Crippen molar-refractivity contribution in [1.82, 2.24) is 0 Å². The monoisotopic (exact) mass is 190 g/mol. The van der Waals surface area contributed by atoms with Crippen LogP contribution in [0.3, 0.4) is 0 Å². The number of rotatable bonds is 5. The summed E-state index contributed by atoms with van der Waals surface area (Å²) in [7, 11) is 0.939. The van der Waals surface area contributed by atoms with Crippen LogP contribution >= 0.6 is 0 Å². The highest BCUT2D eigenvalue weighted by molar-refractivity contribution is 6.65. The van der Waals surface area contributed by atoms with Crippen LogP contribution in [-0.4, -0.2) is 35.0 Å². The predicted octanol–water partition coefficient (Wildman–Crippen LogP) is 0.642. The molecule has 0 unspecified atom stereocenters. The van der Waals surface area contributed by atoms with Crippen molar-refractivity contribution in [3.05, 3.63) is 5.76 Å². The molecule has 12 heavy (non-hydrogen) atoms. The lowest BCUT2D eigenvalue weighted by Crippen LogP contribution is -2.41. The number of ether oxygens (including phenoxy) is 1. The fourth-order valence-electron chi connectivity index (χ4n) is 0.470. The second-order valence-corrected chi connectivity index (χ2v) is 5.86. The van der Waals surface area contributed by atoms with Gasteiger partial charge in [-0.05, 0) is 6.55 Å². The van der Waals surface area contributed by atoms with Crippen LogP contribution in [-0.2, 0) is 18.4 Å². The van der Waals surface area contributed by atoms with Crippen molar-refractivity contribution in [1.29, 1.82) is 0 Å². The minimum absolute atomic E-state index is 0.225. The van der Waals surface area contributed by atoms with E-state index in [2.05, 4.69) is 0 Å². The fraction of sp³-hybridized carbons (Fsp3) is 0.714. The molecular formula is C7H14O4Si. The van der Waals surface area contributed by atoms with Crippen LogP contribution in [0.1, 0.15) is 6.92 Å². The molecule has 4 nitrogen and oxygen atoms in total. The summed E-state index contributed by atoms with van der Waals surface area (Å²) in [6.45, 7) is 3.40. The van der Waals surface area contributed by atoms with E-state index >= 15 is 0 Å². The molecule has 0 saturated heterocycles. The Labute approximate surface area is 73.4 Å². The Morgan fingerprint density at radius 3 is 2.25 bits per heavy atom. The molecule has 0 fully saturated rings. The molecule has 0 aromatic heterocycles. The molecule has 0 aliphatic carbocycles. The summed E-state index contributed by atoms with van der Waals surface area (Å²) in [6.07, 6.45) is 0.307. The zero-order valence-corrected chi connectivity index (χ0v) is 8.84. The topological polar surface area (TPSA) is 44.8 Å². The van der Waals surface area contributed by atoms with Gasteiger partial charge >= 0.3 is 8.56 Å².